The van der Waals surface area contributed by atoms with E-state index >= 15 is 0 Å². The fourth-order valence-electron chi connectivity index (χ4n) is 1.46. The summed E-state index contributed by atoms with van der Waals surface area (Å²) >= 11 is 1.85. The molecule has 2 rings (SSSR count). The third-order valence-corrected chi connectivity index (χ3v) is 3.82. The lowest BCUT2D eigenvalue weighted by Crippen LogP contribution is -2.14. The van der Waals surface area contributed by atoms with Gasteiger partial charge < -0.3 is 5.32 Å². The minimum atomic E-state index is 0.789. The highest BCUT2D eigenvalue weighted by molar-refractivity contribution is 7.99. The average molecular weight is 233 g/mol. The minimum absolute atomic E-state index is 0.789. The van der Waals surface area contributed by atoms with Crippen LogP contribution in [0.3, 0.4) is 0 Å². The van der Waals surface area contributed by atoms with Crippen LogP contribution < -0.4 is 5.32 Å². The molecular formula is C14H19NS. The number of rotatable bonds is 6. The smallest absolute Gasteiger partial charge is 0.0208 e. The van der Waals surface area contributed by atoms with Crippen LogP contribution in [0.2, 0.25) is 0 Å². The summed E-state index contributed by atoms with van der Waals surface area (Å²) in [5.41, 5.74) is 2.61. The van der Waals surface area contributed by atoms with Gasteiger partial charge in [0.1, 0.15) is 0 Å². The van der Waals surface area contributed by atoms with Crippen LogP contribution in [-0.2, 0) is 6.54 Å². The summed E-state index contributed by atoms with van der Waals surface area (Å²) in [5, 5.41) is 3.52. The Balaban J connectivity index is 1.80. The van der Waals surface area contributed by atoms with Gasteiger partial charge in [-0.2, -0.15) is 0 Å². The number of thioether (sulfide) groups is 1. The van der Waals surface area contributed by atoms with Crippen molar-refractivity contribution in [1.29, 1.82) is 0 Å². The summed E-state index contributed by atoms with van der Waals surface area (Å²) in [4.78, 5) is 1.33. The molecule has 0 heterocycles. The monoisotopic (exact) mass is 233 g/mol. The molecule has 1 nitrogen and oxygen atoms in total. The molecule has 1 aromatic rings. The van der Waals surface area contributed by atoms with Crippen LogP contribution in [0.15, 0.2) is 41.3 Å². The molecule has 0 spiro atoms. The van der Waals surface area contributed by atoms with Crippen LogP contribution in [0, 0.1) is 0 Å². The van der Waals surface area contributed by atoms with E-state index in [9.17, 15) is 0 Å². The molecule has 1 aromatic carbocycles. The van der Waals surface area contributed by atoms with Gasteiger partial charge in [-0.1, -0.05) is 24.3 Å². The highest BCUT2D eigenvalue weighted by Gasteiger charge is 2.19. The van der Waals surface area contributed by atoms with Gasteiger partial charge in [-0.3, -0.25) is 0 Å². The Morgan fingerprint density at radius 1 is 1.38 bits per heavy atom. The van der Waals surface area contributed by atoms with Crippen molar-refractivity contribution < 1.29 is 0 Å². The SMILES string of the molecule is C=C(C)CSc1ccc(CNC2CC2)cc1. The quantitative estimate of drug-likeness (QED) is 0.595. The predicted molar refractivity (Wildman–Crippen MR) is 71.8 cm³/mol. The number of nitrogens with one attached hydrogen (secondary N) is 1. The third-order valence-electron chi connectivity index (χ3n) is 2.58. The second kappa shape index (κ2) is 5.55. The molecule has 0 atom stereocenters. The Morgan fingerprint density at radius 2 is 2.06 bits per heavy atom. The first-order valence-electron chi connectivity index (χ1n) is 5.83. The lowest BCUT2D eigenvalue weighted by Gasteiger charge is -2.05. The fourth-order valence-corrected chi connectivity index (χ4v) is 2.20. The summed E-state index contributed by atoms with van der Waals surface area (Å²) in [6.45, 7) is 6.99. The maximum absolute atomic E-state index is 3.91. The van der Waals surface area contributed by atoms with Crippen molar-refractivity contribution in [2.24, 2.45) is 0 Å². The Hall–Kier alpha value is -0.730. The summed E-state index contributed by atoms with van der Waals surface area (Å²) in [6, 6.07) is 9.64. The van der Waals surface area contributed by atoms with Gasteiger partial charge in [0.15, 0.2) is 0 Å². The van der Waals surface area contributed by atoms with Crippen LogP contribution in [0.5, 0.6) is 0 Å². The lowest BCUT2D eigenvalue weighted by molar-refractivity contribution is 0.687. The molecule has 0 saturated heterocycles. The molecule has 0 aliphatic heterocycles. The second-order valence-corrected chi connectivity index (χ2v) is 5.59. The largest absolute Gasteiger partial charge is 0.310 e. The van der Waals surface area contributed by atoms with Gasteiger partial charge in [0.25, 0.3) is 0 Å². The lowest BCUT2D eigenvalue weighted by atomic mass is 10.2. The van der Waals surface area contributed by atoms with Crippen molar-refractivity contribution in [3.8, 4) is 0 Å². The molecule has 1 aliphatic rings. The molecule has 1 N–H and O–H groups in total. The topological polar surface area (TPSA) is 12.0 Å². The molecule has 1 aliphatic carbocycles. The Morgan fingerprint density at radius 3 is 2.62 bits per heavy atom. The number of hydrogen-bond acceptors (Lipinski definition) is 2. The Bertz CT molecular complexity index is 352. The molecule has 0 aromatic heterocycles. The van der Waals surface area contributed by atoms with E-state index in [1.54, 1.807) is 0 Å². The van der Waals surface area contributed by atoms with Gasteiger partial charge in [0.05, 0.1) is 0 Å². The van der Waals surface area contributed by atoms with Crippen LogP contribution >= 0.6 is 11.8 Å². The summed E-state index contributed by atoms with van der Waals surface area (Å²) in [7, 11) is 0. The standard InChI is InChI=1S/C14H19NS/c1-11(2)10-16-14-7-3-12(4-8-14)9-15-13-5-6-13/h3-4,7-8,13,15H,1,5-6,9-10H2,2H3. The summed E-state index contributed by atoms with van der Waals surface area (Å²) < 4.78 is 0. The third kappa shape index (κ3) is 4.03. The molecule has 86 valence electrons. The first-order valence-corrected chi connectivity index (χ1v) is 6.82. The van der Waals surface area contributed by atoms with E-state index in [2.05, 4.69) is 43.1 Å². The highest BCUT2D eigenvalue weighted by Crippen LogP contribution is 2.22. The van der Waals surface area contributed by atoms with Crippen LogP contribution in [0.1, 0.15) is 25.3 Å². The normalized spacial score (nSPS) is 15.1. The zero-order valence-corrected chi connectivity index (χ0v) is 10.6. The van der Waals surface area contributed by atoms with Gasteiger partial charge in [-0.15, -0.1) is 11.8 Å². The van der Waals surface area contributed by atoms with Crippen LogP contribution in [0.4, 0.5) is 0 Å². The predicted octanol–water partition coefficient (Wildman–Crippen LogP) is 3.61. The van der Waals surface area contributed by atoms with Crippen molar-refractivity contribution >= 4 is 11.8 Å². The van der Waals surface area contributed by atoms with Gasteiger partial charge in [0, 0.05) is 23.2 Å². The van der Waals surface area contributed by atoms with E-state index in [1.165, 1.54) is 28.9 Å². The molecule has 0 radical (unpaired) electrons. The Kier molecular flexibility index (Phi) is 4.08. The van der Waals surface area contributed by atoms with Crippen molar-refractivity contribution in [2.75, 3.05) is 5.75 Å². The zero-order valence-electron chi connectivity index (χ0n) is 9.83. The van der Waals surface area contributed by atoms with Crippen molar-refractivity contribution in [3.05, 3.63) is 42.0 Å². The van der Waals surface area contributed by atoms with E-state index in [0.29, 0.717) is 0 Å². The second-order valence-electron chi connectivity index (χ2n) is 4.54. The van der Waals surface area contributed by atoms with E-state index < -0.39 is 0 Å². The minimum Gasteiger partial charge on any atom is -0.310 e. The fraction of sp³-hybridized carbons (Fsp3) is 0.429. The van der Waals surface area contributed by atoms with E-state index in [0.717, 1.165) is 18.3 Å². The van der Waals surface area contributed by atoms with E-state index in [-0.39, 0.29) is 0 Å². The maximum Gasteiger partial charge on any atom is 0.0208 e. The summed E-state index contributed by atoms with van der Waals surface area (Å²) in [5.74, 6) is 1.01. The van der Waals surface area contributed by atoms with Gasteiger partial charge in [-0.25, -0.2) is 0 Å². The molecule has 2 heteroatoms. The molecule has 1 saturated carbocycles. The maximum atomic E-state index is 3.91. The van der Waals surface area contributed by atoms with Crippen molar-refractivity contribution in [2.45, 2.75) is 37.2 Å². The van der Waals surface area contributed by atoms with E-state index in [4.69, 9.17) is 0 Å². The van der Waals surface area contributed by atoms with Crippen molar-refractivity contribution in [3.63, 3.8) is 0 Å². The molecule has 0 unspecified atom stereocenters. The Labute approximate surface area is 102 Å². The van der Waals surface area contributed by atoms with Gasteiger partial charge in [-0.05, 0) is 37.5 Å². The van der Waals surface area contributed by atoms with Crippen molar-refractivity contribution in [1.82, 2.24) is 5.32 Å². The van der Waals surface area contributed by atoms with Gasteiger partial charge >= 0.3 is 0 Å². The summed E-state index contributed by atoms with van der Waals surface area (Å²) in [6.07, 6.45) is 2.71. The highest BCUT2D eigenvalue weighted by atomic mass is 32.2. The van der Waals surface area contributed by atoms with E-state index in [1.807, 2.05) is 11.8 Å². The van der Waals surface area contributed by atoms with Crippen LogP contribution in [0.25, 0.3) is 0 Å². The molecular weight excluding hydrogens is 214 g/mol. The molecule has 0 bridgehead atoms. The first kappa shape index (κ1) is 11.7. The zero-order chi connectivity index (χ0) is 11.4. The first-order chi connectivity index (χ1) is 7.74. The molecule has 0 amide bonds. The molecule has 16 heavy (non-hydrogen) atoms. The van der Waals surface area contributed by atoms with Crippen LogP contribution in [-0.4, -0.2) is 11.8 Å². The average Bonchev–Trinajstić information content (AvgIpc) is 3.09. The number of benzene rings is 1. The molecule has 1 fully saturated rings. The van der Waals surface area contributed by atoms with Gasteiger partial charge in [0.2, 0.25) is 0 Å². The number of hydrogen-bond donors (Lipinski definition) is 1.